The summed E-state index contributed by atoms with van der Waals surface area (Å²) in [5.74, 6) is 0.779. The zero-order chi connectivity index (χ0) is 10.8. The zero-order valence-corrected chi connectivity index (χ0v) is 8.64. The summed E-state index contributed by atoms with van der Waals surface area (Å²) in [6.45, 7) is 1.89. The van der Waals surface area contributed by atoms with Crippen molar-refractivity contribution in [2.24, 2.45) is 7.05 Å². The molecule has 0 aliphatic rings. The van der Waals surface area contributed by atoms with E-state index in [0.29, 0.717) is 11.8 Å². The molecule has 0 bridgehead atoms. The molecule has 1 heterocycles. The fourth-order valence-electron chi connectivity index (χ4n) is 1.34. The minimum Gasteiger partial charge on any atom is -0.508 e. The van der Waals surface area contributed by atoms with Gasteiger partial charge < -0.3 is 14.4 Å². The van der Waals surface area contributed by atoms with E-state index in [1.165, 1.54) is 0 Å². The molecule has 0 radical (unpaired) electrons. The minimum absolute atomic E-state index is 0.194. The number of aryl methyl sites for hydroxylation is 2. The standard InChI is InChI=1S/C11H12N2O2/c1-8-5-9(14)7-10(6-8)15-11-12-3-4-13(11)2/h3-7,14H,1-2H3. The third-order valence-electron chi connectivity index (χ3n) is 2.02. The van der Waals surface area contributed by atoms with E-state index >= 15 is 0 Å². The molecule has 1 N–H and O–H groups in total. The Morgan fingerprint density at radius 1 is 1.33 bits per heavy atom. The van der Waals surface area contributed by atoms with E-state index in [9.17, 15) is 5.11 Å². The molecule has 4 nitrogen and oxygen atoms in total. The van der Waals surface area contributed by atoms with Crippen molar-refractivity contribution in [2.75, 3.05) is 0 Å². The SMILES string of the molecule is Cc1cc(O)cc(Oc2nccn2C)c1. The lowest BCUT2D eigenvalue weighted by atomic mass is 10.2. The number of aromatic nitrogens is 2. The van der Waals surface area contributed by atoms with Crippen LogP contribution in [0.5, 0.6) is 17.5 Å². The lowest BCUT2D eigenvalue weighted by Gasteiger charge is -2.06. The second-order valence-electron chi connectivity index (χ2n) is 3.43. The van der Waals surface area contributed by atoms with Crippen LogP contribution in [0.1, 0.15) is 5.56 Å². The molecule has 78 valence electrons. The van der Waals surface area contributed by atoms with Crippen LogP contribution in [-0.4, -0.2) is 14.7 Å². The Hall–Kier alpha value is -1.97. The van der Waals surface area contributed by atoms with E-state index in [0.717, 1.165) is 5.56 Å². The van der Waals surface area contributed by atoms with Crippen LogP contribution in [0.4, 0.5) is 0 Å². The predicted octanol–water partition coefficient (Wildman–Crippen LogP) is 2.23. The summed E-state index contributed by atoms with van der Waals surface area (Å²) in [6, 6.07) is 5.57. The van der Waals surface area contributed by atoms with Crippen molar-refractivity contribution in [2.45, 2.75) is 6.92 Å². The molecule has 15 heavy (non-hydrogen) atoms. The number of phenolic OH excluding ortho intramolecular Hbond substituents is 1. The van der Waals surface area contributed by atoms with Gasteiger partial charge >= 0.3 is 6.01 Å². The topological polar surface area (TPSA) is 47.3 Å². The lowest BCUT2D eigenvalue weighted by Crippen LogP contribution is -1.93. The molecular weight excluding hydrogens is 192 g/mol. The molecule has 0 unspecified atom stereocenters. The Balaban J connectivity index is 2.28. The molecule has 2 aromatic rings. The van der Waals surface area contributed by atoms with Crippen LogP contribution >= 0.6 is 0 Å². The van der Waals surface area contributed by atoms with Crippen molar-refractivity contribution in [3.63, 3.8) is 0 Å². The van der Waals surface area contributed by atoms with Gasteiger partial charge in [-0.1, -0.05) is 0 Å². The lowest BCUT2D eigenvalue weighted by molar-refractivity contribution is 0.417. The number of aromatic hydroxyl groups is 1. The van der Waals surface area contributed by atoms with Gasteiger partial charge in [-0.05, 0) is 24.6 Å². The molecule has 0 fully saturated rings. The van der Waals surface area contributed by atoms with E-state index < -0.39 is 0 Å². The molecule has 0 saturated heterocycles. The molecule has 0 atom stereocenters. The van der Waals surface area contributed by atoms with E-state index in [1.54, 1.807) is 29.1 Å². The van der Waals surface area contributed by atoms with E-state index in [1.807, 2.05) is 20.0 Å². The van der Waals surface area contributed by atoms with Gasteiger partial charge in [-0.25, -0.2) is 4.98 Å². The fraction of sp³-hybridized carbons (Fsp3) is 0.182. The van der Waals surface area contributed by atoms with Gasteiger partial charge in [0.15, 0.2) is 0 Å². The number of phenols is 1. The quantitative estimate of drug-likeness (QED) is 0.815. The van der Waals surface area contributed by atoms with Crippen molar-refractivity contribution in [3.05, 3.63) is 36.2 Å². The molecule has 4 heteroatoms. The van der Waals surface area contributed by atoms with Gasteiger partial charge in [-0.15, -0.1) is 0 Å². The summed E-state index contributed by atoms with van der Waals surface area (Å²) < 4.78 is 7.27. The average molecular weight is 204 g/mol. The van der Waals surface area contributed by atoms with Crippen LogP contribution in [-0.2, 0) is 7.05 Å². The maximum Gasteiger partial charge on any atom is 0.301 e. The van der Waals surface area contributed by atoms with Crippen molar-refractivity contribution in [1.29, 1.82) is 0 Å². The van der Waals surface area contributed by atoms with Gasteiger partial charge in [0.25, 0.3) is 0 Å². The Labute approximate surface area is 87.8 Å². The third-order valence-corrected chi connectivity index (χ3v) is 2.02. The van der Waals surface area contributed by atoms with E-state index in [2.05, 4.69) is 4.98 Å². The fourth-order valence-corrected chi connectivity index (χ4v) is 1.34. The molecule has 0 spiro atoms. The van der Waals surface area contributed by atoms with Crippen molar-refractivity contribution in [3.8, 4) is 17.5 Å². The molecule has 2 rings (SSSR count). The first-order valence-electron chi connectivity index (χ1n) is 4.61. The van der Waals surface area contributed by atoms with Gasteiger partial charge in [0, 0.05) is 25.5 Å². The second kappa shape index (κ2) is 3.65. The first-order valence-corrected chi connectivity index (χ1v) is 4.61. The van der Waals surface area contributed by atoms with Crippen LogP contribution in [0.2, 0.25) is 0 Å². The number of hydrogen-bond donors (Lipinski definition) is 1. The van der Waals surface area contributed by atoms with Crippen molar-refractivity contribution in [1.82, 2.24) is 9.55 Å². The Morgan fingerprint density at radius 2 is 2.13 bits per heavy atom. The largest absolute Gasteiger partial charge is 0.508 e. The maximum atomic E-state index is 9.38. The smallest absolute Gasteiger partial charge is 0.301 e. The van der Waals surface area contributed by atoms with Gasteiger partial charge in [-0.2, -0.15) is 0 Å². The third kappa shape index (κ3) is 2.10. The maximum absolute atomic E-state index is 9.38. The van der Waals surface area contributed by atoms with Crippen LogP contribution in [0.25, 0.3) is 0 Å². The van der Waals surface area contributed by atoms with E-state index in [4.69, 9.17) is 4.74 Å². The number of ether oxygens (including phenoxy) is 1. The molecule has 0 aliphatic carbocycles. The Bertz CT molecular complexity index is 457. The summed E-state index contributed by atoms with van der Waals surface area (Å²) in [7, 11) is 1.85. The molecule has 0 amide bonds. The highest BCUT2D eigenvalue weighted by atomic mass is 16.5. The van der Waals surface area contributed by atoms with Crippen molar-refractivity contribution < 1.29 is 9.84 Å². The van der Waals surface area contributed by atoms with Crippen LogP contribution in [0.3, 0.4) is 0 Å². The number of nitrogens with zero attached hydrogens (tertiary/aromatic N) is 2. The Morgan fingerprint density at radius 3 is 2.73 bits per heavy atom. The highest BCUT2D eigenvalue weighted by molar-refractivity contribution is 5.38. The van der Waals surface area contributed by atoms with Gasteiger partial charge in [0.1, 0.15) is 11.5 Å². The van der Waals surface area contributed by atoms with E-state index in [-0.39, 0.29) is 5.75 Å². The summed E-state index contributed by atoms with van der Waals surface area (Å²) in [4.78, 5) is 4.03. The number of hydrogen-bond acceptors (Lipinski definition) is 3. The molecule has 1 aromatic heterocycles. The van der Waals surface area contributed by atoms with Crippen molar-refractivity contribution >= 4 is 0 Å². The Kier molecular flexibility index (Phi) is 2.33. The first kappa shape index (κ1) is 9.58. The van der Waals surface area contributed by atoms with Crippen LogP contribution in [0, 0.1) is 6.92 Å². The summed E-state index contributed by atoms with van der Waals surface area (Å²) in [6.07, 6.45) is 3.45. The summed E-state index contributed by atoms with van der Waals surface area (Å²) in [5, 5.41) is 9.38. The van der Waals surface area contributed by atoms with Gasteiger partial charge in [0.2, 0.25) is 0 Å². The highest BCUT2D eigenvalue weighted by Gasteiger charge is 2.03. The predicted molar refractivity (Wildman–Crippen MR) is 56.1 cm³/mol. The van der Waals surface area contributed by atoms with Gasteiger partial charge in [-0.3, -0.25) is 0 Å². The minimum atomic E-state index is 0.194. The average Bonchev–Trinajstić information content (AvgIpc) is 2.50. The summed E-state index contributed by atoms with van der Waals surface area (Å²) in [5.41, 5.74) is 0.944. The zero-order valence-electron chi connectivity index (χ0n) is 8.64. The summed E-state index contributed by atoms with van der Waals surface area (Å²) >= 11 is 0. The second-order valence-corrected chi connectivity index (χ2v) is 3.43. The molecule has 1 aromatic carbocycles. The number of rotatable bonds is 2. The highest BCUT2D eigenvalue weighted by Crippen LogP contribution is 2.25. The molecular formula is C11H12N2O2. The monoisotopic (exact) mass is 204 g/mol. The number of imidazole rings is 1. The molecule has 0 saturated carbocycles. The number of benzene rings is 1. The molecule has 0 aliphatic heterocycles. The van der Waals surface area contributed by atoms with Crippen LogP contribution in [0.15, 0.2) is 30.6 Å². The van der Waals surface area contributed by atoms with Gasteiger partial charge in [0.05, 0.1) is 0 Å². The normalized spacial score (nSPS) is 10.3. The van der Waals surface area contributed by atoms with Crippen LogP contribution < -0.4 is 4.74 Å². The first-order chi connectivity index (χ1) is 7.15.